The van der Waals surface area contributed by atoms with E-state index < -0.39 is 37.9 Å². The van der Waals surface area contributed by atoms with E-state index in [9.17, 15) is 19.4 Å². The molecule has 2 saturated heterocycles. The number of phosphoric ester groups is 1. The largest absolute Gasteiger partial charge is 0.472 e. The van der Waals surface area contributed by atoms with Crippen LogP contribution in [0, 0.1) is 0 Å². The number of nitrogens with one attached hydrogen (secondary N) is 1. The number of aliphatic hydroxyl groups excluding tert-OH is 1. The molecular formula is C10H12N5NaO7P. The second-order valence-corrected chi connectivity index (χ2v) is 6.57. The minimum Gasteiger partial charge on any atom is -0.386 e. The monoisotopic (exact) mass is 368 g/mol. The topological polar surface area (TPSA) is 175 Å². The van der Waals surface area contributed by atoms with Crippen LogP contribution < -0.4 is 11.3 Å². The number of fused-ring (bicyclic) bond motifs is 2. The molecule has 5 N–H and O–H groups in total. The van der Waals surface area contributed by atoms with Gasteiger partial charge in [0.05, 0.1) is 12.9 Å². The molecule has 2 aromatic heterocycles. The molecule has 0 amide bonds. The van der Waals surface area contributed by atoms with Gasteiger partial charge in [0, 0.05) is 29.6 Å². The number of phosphoric acid groups is 1. The summed E-state index contributed by atoms with van der Waals surface area (Å²) >= 11 is 0. The molecule has 24 heavy (non-hydrogen) atoms. The molecule has 5 atom stereocenters. The van der Waals surface area contributed by atoms with Crippen LogP contribution in [0.2, 0.25) is 0 Å². The van der Waals surface area contributed by atoms with Crippen LogP contribution in [-0.2, 0) is 18.3 Å². The molecule has 1 unspecified atom stereocenters. The normalized spacial score (nSPS) is 35.6. The SMILES string of the molecule is Nc1nc2c(ncn2[C@@H]2O[C@@H]3COP(=O)(O)O[C@H]3[C@H]2O)c(=O)[nH]1.[Na]. The van der Waals surface area contributed by atoms with Gasteiger partial charge in [0.1, 0.15) is 18.3 Å². The maximum Gasteiger partial charge on any atom is 0.472 e. The molecule has 0 aromatic carbocycles. The molecule has 14 heteroatoms. The first-order valence-electron chi connectivity index (χ1n) is 6.57. The molecule has 0 spiro atoms. The number of aromatic nitrogens is 4. The summed E-state index contributed by atoms with van der Waals surface area (Å²) in [4.78, 5) is 31.3. The fourth-order valence-corrected chi connectivity index (χ4v) is 3.66. The molecule has 2 fully saturated rings. The van der Waals surface area contributed by atoms with E-state index in [1.165, 1.54) is 10.9 Å². The van der Waals surface area contributed by atoms with Gasteiger partial charge in [-0.15, -0.1) is 0 Å². The molecule has 2 aliphatic rings. The second kappa shape index (κ2) is 6.16. The van der Waals surface area contributed by atoms with Gasteiger partial charge in [0.2, 0.25) is 5.95 Å². The molecule has 12 nitrogen and oxygen atoms in total. The number of nitrogens with two attached hydrogens (primary N) is 1. The summed E-state index contributed by atoms with van der Waals surface area (Å²) in [5.74, 6) is -0.117. The number of hydrogen-bond donors (Lipinski definition) is 4. The van der Waals surface area contributed by atoms with Crippen LogP contribution in [0.4, 0.5) is 5.95 Å². The van der Waals surface area contributed by atoms with Crippen LogP contribution in [0.25, 0.3) is 11.2 Å². The number of nitrogen functional groups attached to an aromatic ring is 1. The number of nitrogens with zero attached hydrogens (tertiary/aromatic N) is 3. The van der Waals surface area contributed by atoms with Crippen molar-refractivity contribution in [2.45, 2.75) is 24.5 Å². The van der Waals surface area contributed by atoms with Gasteiger partial charge in [0.15, 0.2) is 17.4 Å². The fraction of sp³-hybridized carbons (Fsp3) is 0.500. The van der Waals surface area contributed by atoms with E-state index in [0.29, 0.717) is 0 Å². The van der Waals surface area contributed by atoms with Crippen molar-refractivity contribution in [2.75, 3.05) is 12.3 Å². The van der Waals surface area contributed by atoms with Crippen molar-refractivity contribution in [3.05, 3.63) is 16.7 Å². The molecule has 2 aliphatic heterocycles. The smallest absolute Gasteiger partial charge is 0.386 e. The quantitative estimate of drug-likeness (QED) is 0.328. The second-order valence-electron chi connectivity index (χ2n) is 5.17. The molecule has 0 aliphatic carbocycles. The number of anilines is 1. The number of H-pyrrole nitrogens is 1. The number of imidazole rings is 1. The maximum atomic E-state index is 11.8. The number of ether oxygens (including phenoxy) is 1. The van der Waals surface area contributed by atoms with E-state index in [1.54, 1.807) is 0 Å². The summed E-state index contributed by atoms with van der Waals surface area (Å²) in [6, 6.07) is 0. The molecule has 125 valence electrons. The molecule has 0 saturated carbocycles. The van der Waals surface area contributed by atoms with Gasteiger partial charge in [0.25, 0.3) is 5.56 Å². The zero-order valence-electron chi connectivity index (χ0n) is 12.4. The molecule has 2 aromatic rings. The Morgan fingerprint density at radius 1 is 1.50 bits per heavy atom. The van der Waals surface area contributed by atoms with Gasteiger partial charge in [-0.3, -0.25) is 23.4 Å². The van der Waals surface area contributed by atoms with Crippen LogP contribution in [0.5, 0.6) is 0 Å². The third-order valence-corrected chi connectivity index (χ3v) is 4.68. The van der Waals surface area contributed by atoms with Gasteiger partial charge in [-0.2, -0.15) is 4.98 Å². The summed E-state index contributed by atoms with van der Waals surface area (Å²) in [6.07, 6.45) is -2.85. The first-order valence-corrected chi connectivity index (χ1v) is 8.07. The zero-order valence-corrected chi connectivity index (χ0v) is 15.3. The first kappa shape index (κ1) is 18.0. The van der Waals surface area contributed by atoms with Crippen LogP contribution in [0.3, 0.4) is 0 Å². The molecule has 1 radical (unpaired) electrons. The van der Waals surface area contributed by atoms with E-state index in [1.807, 2.05) is 0 Å². The summed E-state index contributed by atoms with van der Waals surface area (Å²) < 4.78 is 27.9. The van der Waals surface area contributed by atoms with Crippen LogP contribution in [0.1, 0.15) is 6.23 Å². The maximum absolute atomic E-state index is 11.8. The van der Waals surface area contributed by atoms with Crippen molar-refractivity contribution in [3.8, 4) is 0 Å². The predicted molar refractivity (Wildman–Crippen MR) is 78.9 cm³/mol. The van der Waals surface area contributed by atoms with E-state index >= 15 is 0 Å². The number of hydrogen-bond acceptors (Lipinski definition) is 9. The number of rotatable bonds is 1. The van der Waals surface area contributed by atoms with Crippen molar-refractivity contribution in [3.63, 3.8) is 0 Å². The fourth-order valence-electron chi connectivity index (χ4n) is 2.69. The molecular weight excluding hydrogens is 356 g/mol. The van der Waals surface area contributed by atoms with Crippen molar-refractivity contribution in [2.24, 2.45) is 0 Å². The third-order valence-electron chi connectivity index (χ3n) is 3.69. The Morgan fingerprint density at radius 2 is 2.25 bits per heavy atom. The Morgan fingerprint density at radius 3 is 3.00 bits per heavy atom. The summed E-state index contributed by atoms with van der Waals surface area (Å²) in [5, 5.41) is 10.4. The van der Waals surface area contributed by atoms with E-state index in [-0.39, 0.29) is 53.3 Å². The minimum absolute atomic E-state index is 0. The Hall–Kier alpha value is -0.820. The Kier molecular flexibility index (Phi) is 4.62. The Balaban J connectivity index is 0.00000169. The number of aliphatic hydroxyl groups is 1. The summed E-state index contributed by atoms with van der Waals surface area (Å²) in [6.45, 7) is -0.214. The standard InChI is InChI=1S/C10H12N5O7P.Na/c11-10-13-7-4(8(17)14-10)12-2-15(7)9-5(16)6-3(21-9)1-20-23(18,19)22-6;/h2-3,5-6,9,16H,1H2,(H,18,19)(H3,11,13,14,17);/t3-,5-,6-,9-;/m1./s1. The minimum atomic E-state index is -4.22. The van der Waals surface area contributed by atoms with Crippen molar-refractivity contribution in [1.29, 1.82) is 0 Å². The van der Waals surface area contributed by atoms with Crippen LogP contribution >= 0.6 is 7.82 Å². The van der Waals surface area contributed by atoms with Crippen LogP contribution in [0.15, 0.2) is 11.1 Å². The van der Waals surface area contributed by atoms with E-state index in [2.05, 4.69) is 19.5 Å². The Bertz CT molecular complexity index is 886. The molecule has 0 bridgehead atoms. The van der Waals surface area contributed by atoms with E-state index in [4.69, 9.17) is 15.0 Å². The first-order chi connectivity index (χ1) is 10.9. The predicted octanol–water partition coefficient (Wildman–Crippen LogP) is -1.90. The zero-order chi connectivity index (χ0) is 16.4. The average Bonchev–Trinajstić information content (AvgIpc) is 3.00. The molecule has 4 heterocycles. The summed E-state index contributed by atoms with van der Waals surface area (Å²) in [5.41, 5.74) is 5.12. The van der Waals surface area contributed by atoms with Crippen molar-refractivity contribution >= 4 is 54.5 Å². The van der Waals surface area contributed by atoms with Gasteiger partial charge < -0.3 is 20.5 Å². The Labute approximate surface area is 155 Å². The van der Waals surface area contributed by atoms with Crippen molar-refractivity contribution in [1.82, 2.24) is 19.5 Å². The average molecular weight is 368 g/mol. The van der Waals surface area contributed by atoms with Gasteiger partial charge in [-0.05, 0) is 0 Å². The number of aromatic amines is 1. The van der Waals surface area contributed by atoms with Gasteiger partial charge in [-0.1, -0.05) is 0 Å². The van der Waals surface area contributed by atoms with Gasteiger partial charge in [-0.25, -0.2) is 9.55 Å². The van der Waals surface area contributed by atoms with E-state index in [0.717, 1.165) is 0 Å². The van der Waals surface area contributed by atoms with Crippen molar-refractivity contribution < 1.29 is 28.3 Å². The van der Waals surface area contributed by atoms with Crippen LogP contribution in [-0.4, -0.2) is 84.0 Å². The van der Waals surface area contributed by atoms with Gasteiger partial charge >= 0.3 is 7.82 Å². The third kappa shape index (κ3) is 2.83. The summed E-state index contributed by atoms with van der Waals surface area (Å²) in [7, 11) is -4.22. The molecule has 4 rings (SSSR count).